The Morgan fingerprint density at radius 3 is 1.09 bits per heavy atom. The predicted molar refractivity (Wildman–Crippen MR) is 88.1 cm³/mol. The molecule has 0 saturated carbocycles. The van der Waals surface area contributed by atoms with Crippen molar-refractivity contribution in [3.63, 3.8) is 0 Å². The zero-order valence-electron chi connectivity index (χ0n) is 13.1. The fraction of sp³-hybridized carbons (Fsp3) is 0.250. The van der Waals surface area contributed by atoms with E-state index in [0.29, 0.717) is 0 Å². The highest BCUT2D eigenvalue weighted by Crippen LogP contribution is 2.32. The van der Waals surface area contributed by atoms with Gasteiger partial charge in [-0.2, -0.15) is 0 Å². The minimum Gasteiger partial charge on any atom is -1.00 e. The molecule has 0 aliphatic rings. The van der Waals surface area contributed by atoms with Gasteiger partial charge in [0.1, 0.15) is 0 Å². The van der Waals surface area contributed by atoms with Gasteiger partial charge in [-0.05, 0) is 24.3 Å². The number of hydrogen-bond acceptors (Lipinski definition) is 4. The molecule has 0 spiro atoms. The van der Waals surface area contributed by atoms with E-state index < -0.39 is 0 Å². The molecule has 2 aromatic carbocycles. The van der Waals surface area contributed by atoms with E-state index in [4.69, 9.17) is 18.9 Å². The summed E-state index contributed by atoms with van der Waals surface area (Å²) in [6.07, 6.45) is 0. The maximum Gasteiger partial charge on any atom is 0.177 e. The van der Waals surface area contributed by atoms with E-state index in [-0.39, 0.29) is 21.0 Å². The van der Waals surface area contributed by atoms with E-state index in [1.165, 1.54) is 0 Å². The van der Waals surface area contributed by atoms with Gasteiger partial charge >= 0.3 is 0 Å². The fourth-order valence-electron chi connectivity index (χ4n) is 2.19. The fourth-order valence-corrected chi connectivity index (χ4v) is 3.90. The molecule has 0 aromatic heterocycles. The first-order valence-electron chi connectivity index (χ1n) is 6.51. The van der Waals surface area contributed by atoms with Crippen LogP contribution in [-0.4, -0.2) is 28.4 Å². The first-order chi connectivity index (χ1) is 10.2. The summed E-state index contributed by atoms with van der Waals surface area (Å²) in [5.41, 5.74) is 0. The molecule has 22 heavy (non-hydrogen) atoms. The van der Waals surface area contributed by atoms with Crippen LogP contribution in [0.5, 0.6) is 23.0 Å². The number of rotatable bonds is 6. The Morgan fingerprint density at radius 2 is 0.864 bits per heavy atom. The second-order valence-corrected chi connectivity index (χ2v) is 5.74. The molecule has 0 unspecified atom stereocenters. The number of methoxy groups -OCH3 is 4. The van der Waals surface area contributed by atoms with Crippen LogP contribution in [0.2, 0.25) is 0 Å². The summed E-state index contributed by atoms with van der Waals surface area (Å²) in [6.45, 7) is 0. The van der Waals surface area contributed by atoms with E-state index in [9.17, 15) is 0 Å². The lowest BCUT2D eigenvalue weighted by molar-refractivity contribution is -0.00000537. The second-order valence-electron chi connectivity index (χ2n) is 4.30. The van der Waals surface area contributed by atoms with Crippen LogP contribution >= 0.6 is 8.58 Å². The zero-order chi connectivity index (χ0) is 15.2. The standard InChI is InChI=1S/C16H19O4P.ClH/c1-17-11-7-5-8-12(18-2)15(11)21-16-13(19-3)9-6-10-14(16)20-4;/h5-10,21H,1-4H3;1H. The van der Waals surface area contributed by atoms with Crippen LogP contribution in [0.25, 0.3) is 0 Å². The highest BCUT2D eigenvalue weighted by molar-refractivity contribution is 7.56. The molecule has 2 rings (SSSR count). The van der Waals surface area contributed by atoms with Gasteiger partial charge in [0.2, 0.25) is 0 Å². The van der Waals surface area contributed by atoms with E-state index in [1.807, 2.05) is 36.4 Å². The molecule has 4 nitrogen and oxygen atoms in total. The highest BCUT2D eigenvalue weighted by atomic mass is 35.5. The van der Waals surface area contributed by atoms with Gasteiger partial charge in [-0.1, -0.05) is 12.1 Å². The molecule has 0 N–H and O–H groups in total. The molecule has 0 saturated heterocycles. The second kappa shape index (κ2) is 8.72. The molecule has 120 valence electrons. The summed E-state index contributed by atoms with van der Waals surface area (Å²) in [4.78, 5) is 0. The molecule has 2 aromatic rings. The largest absolute Gasteiger partial charge is 1.00 e. The van der Waals surface area contributed by atoms with Crippen molar-refractivity contribution in [3.8, 4) is 23.0 Å². The number of benzene rings is 2. The Kier molecular flexibility index (Phi) is 7.30. The normalized spacial score (nSPS) is 9.64. The van der Waals surface area contributed by atoms with Crippen molar-refractivity contribution in [3.05, 3.63) is 36.4 Å². The molecule has 0 radical (unpaired) electrons. The molecular formula is C16H20ClO4P. The Balaban J connectivity index is 0.00000242. The van der Waals surface area contributed by atoms with Crippen molar-refractivity contribution < 1.29 is 31.4 Å². The Hall–Kier alpha value is -1.64. The maximum absolute atomic E-state index is 5.47. The van der Waals surface area contributed by atoms with Crippen LogP contribution in [0.1, 0.15) is 0 Å². The number of hydrogen-bond donors (Lipinski definition) is 0. The minimum atomic E-state index is -0.297. The lowest BCUT2D eigenvalue weighted by Gasteiger charge is -2.12. The Morgan fingerprint density at radius 1 is 0.591 bits per heavy atom. The van der Waals surface area contributed by atoms with E-state index >= 15 is 0 Å². The van der Waals surface area contributed by atoms with Crippen LogP contribution in [-0.2, 0) is 0 Å². The predicted octanol–water partition coefficient (Wildman–Crippen LogP) is -0.913. The third-order valence-corrected chi connectivity index (χ3v) is 4.94. The van der Waals surface area contributed by atoms with Gasteiger partial charge in [-0.15, -0.1) is 0 Å². The van der Waals surface area contributed by atoms with Crippen LogP contribution in [0.15, 0.2) is 36.4 Å². The third kappa shape index (κ3) is 3.76. The third-order valence-electron chi connectivity index (χ3n) is 3.22. The smallest absolute Gasteiger partial charge is 0.177 e. The summed E-state index contributed by atoms with van der Waals surface area (Å²) in [7, 11) is 6.36. The maximum atomic E-state index is 5.47. The summed E-state index contributed by atoms with van der Waals surface area (Å²) >= 11 is 0. The molecule has 0 heterocycles. The van der Waals surface area contributed by atoms with Gasteiger partial charge in [0.25, 0.3) is 0 Å². The van der Waals surface area contributed by atoms with Crippen molar-refractivity contribution in [2.45, 2.75) is 0 Å². The van der Waals surface area contributed by atoms with Gasteiger partial charge < -0.3 is 31.4 Å². The first kappa shape index (κ1) is 18.4. The van der Waals surface area contributed by atoms with Crippen molar-refractivity contribution in [2.75, 3.05) is 28.4 Å². The van der Waals surface area contributed by atoms with Crippen LogP contribution in [0, 0.1) is 0 Å². The first-order valence-corrected chi connectivity index (χ1v) is 7.67. The van der Waals surface area contributed by atoms with E-state index in [1.54, 1.807) is 28.4 Å². The molecule has 6 heteroatoms. The SMILES string of the molecule is COc1cccc(OC)c1[PH2+]c1c(OC)cccc1OC.[Cl-]. The summed E-state index contributed by atoms with van der Waals surface area (Å²) in [6, 6.07) is 11.6. The molecular weight excluding hydrogens is 323 g/mol. The Bertz CT molecular complexity index is 521. The monoisotopic (exact) mass is 342 g/mol. The van der Waals surface area contributed by atoms with Gasteiger partial charge in [-0.3, -0.25) is 0 Å². The van der Waals surface area contributed by atoms with Crippen molar-refractivity contribution in [2.24, 2.45) is 0 Å². The quantitative estimate of drug-likeness (QED) is 0.637. The van der Waals surface area contributed by atoms with Gasteiger partial charge in [-0.25, -0.2) is 0 Å². The van der Waals surface area contributed by atoms with E-state index in [2.05, 4.69) is 0 Å². The highest BCUT2D eigenvalue weighted by Gasteiger charge is 2.23. The average molecular weight is 343 g/mol. The number of halogens is 1. The summed E-state index contributed by atoms with van der Waals surface area (Å²) in [5, 5.41) is 2.09. The molecule has 0 aliphatic heterocycles. The van der Waals surface area contributed by atoms with E-state index in [0.717, 1.165) is 33.6 Å². The van der Waals surface area contributed by atoms with Crippen molar-refractivity contribution >= 4 is 19.2 Å². The molecule has 0 aliphatic carbocycles. The molecule has 0 amide bonds. The van der Waals surface area contributed by atoms with Crippen molar-refractivity contribution in [1.82, 2.24) is 0 Å². The topological polar surface area (TPSA) is 36.9 Å². The van der Waals surface area contributed by atoms with Crippen LogP contribution in [0.4, 0.5) is 0 Å². The molecule has 0 fully saturated rings. The van der Waals surface area contributed by atoms with Crippen molar-refractivity contribution in [1.29, 1.82) is 0 Å². The summed E-state index contributed by atoms with van der Waals surface area (Å²) < 4.78 is 21.9. The van der Waals surface area contributed by atoms with Gasteiger partial charge in [0.15, 0.2) is 33.6 Å². The number of ether oxygens (including phenoxy) is 4. The van der Waals surface area contributed by atoms with Crippen LogP contribution in [0.3, 0.4) is 0 Å². The minimum absolute atomic E-state index is 0. The Labute approximate surface area is 138 Å². The van der Waals surface area contributed by atoms with Gasteiger partial charge in [0.05, 0.1) is 37.0 Å². The molecule has 0 bridgehead atoms. The average Bonchev–Trinajstić information content (AvgIpc) is 2.55. The lowest BCUT2D eigenvalue weighted by atomic mass is 10.3. The summed E-state index contributed by atoms with van der Waals surface area (Å²) in [5.74, 6) is 3.27. The zero-order valence-corrected chi connectivity index (χ0v) is 15.0. The molecule has 0 atom stereocenters. The van der Waals surface area contributed by atoms with Gasteiger partial charge in [0, 0.05) is 0 Å². The van der Waals surface area contributed by atoms with Crippen LogP contribution < -0.4 is 42.0 Å². The lowest BCUT2D eigenvalue weighted by Crippen LogP contribution is -3.00.